The maximum absolute atomic E-state index is 2.42. The maximum atomic E-state index is 2.42. The summed E-state index contributed by atoms with van der Waals surface area (Å²) in [7, 11) is 0. The van der Waals surface area contributed by atoms with Gasteiger partial charge in [0.1, 0.15) is 0 Å². The van der Waals surface area contributed by atoms with Crippen molar-refractivity contribution in [3.63, 3.8) is 0 Å². The van der Waals surface area contributed by atoms with Crippen LogP contribution in [0.4, 0.5) is 17.1 Å². The molecular weight excluding hydrogens is 671 g/mol. The predicted molar refractivity (Wildman–Crippen MR) is 233 cm³/mol. The summed E-state index contributed by atoms with van der Waals surface area (Å²) in [5, 5.41) is 5.10. The lowest BCUT2D eigenvalue weighted by molar-refractivity contribution is 1.28. The van der Waals surface area contributed by atoms with Crippen LogP contribution in [0.15, 0.2) is 212 Å². The fraction of sp³-hybridized carbons (Fsp3) is 0. The monoisotopic (exact) mass is 705 g/mol. The molecule has 0 aliphatic rings. The van der Waals surface area contributed by atoms with Gasteiger partial charge in [-0.2, -0.15) is 0 Å². The van der Waals surface area contributed by atoms with E-state index in [0.717, 1.165) is 17.1 Å². The van der Waals surface area contributed by atoms with Crippen molar-refractivity contribution in [2.45, 2.75) is 0 Å². The van der Waals surface area contributed by atoms with Crippen LogP contribution in [0.25, 0.3) is 75.5 Å². The molecule has 0 amide bonds. The molecule has 0 radical (unpaired) electrons. The van der Waals surface area contributed by atoms with Crippen LogP contribution < -0.4 is 4.90 Å². The highest BCUT2D eigenvalue weighted by molar-refractivity contribution is 7.25. The number of anilines is 3. The third-order valence-corrected chi connectivity index (χ3v) is 11.6. The summed E-state index contributed by atoms with van der Waals surface area (Å²) in [6.07, 6.45) is 0. The van der Waals surface area contributed by atoms with Crippen LogP contribution in [0.5, 0.6) is 0 Å². The third-order valence-electron chi connectivity index (χ3n) is 10.5. The van der Waals surface area contributed by atoms with Crippen molar-refractivity contribution >= 4 is 59.3 Å². The van der Waals surface area contributed by atoms with Gasteiger partial charge < -0.3 is 4.90 Å². The molecular formula is C52H35NS. The number of rotatable bonds is 7. The molecule has 0 N–H and O–H groups in total. The second kappa shape index (κ2) is 13.7. The van der Waals surface area contributed by atoms with Gasteiger partial charge in [-0.05, 0) is 98.2 Å². The van der Waals surface area contributed by atoms with Crippen LogP contribution >= 0.6 is 11.3 Å². The first kappa shape index (κ1) is 32.0. The Kier molecular flexibility index (Phi) is 8.09. The van der Waals surface area contributed by atoms with Gasteiger partial charge in [0, 0.05) is 37.1 Å². The molecule has 1 nitrogen and oxygen atoms in total. The highest BCUT2D eigenvalue weighted by atomic mass is 32.1. The van der Waals surface area contributed by atoms with Crippen LogP contribution in [-0.4, -0.2) is 0 Å². The van der Waals surface area contributed by atoms with Crippen LogP contribution in [0.2, 0.25) is 0 Å². The number of hydrogen-bond donors (Lipinski definition) is 0. The number of benzene rings is 9. The first-order valence-electron chi connectivity index (χ1n) is 18.4. The summed E-state index contributed by atoms with van der Waals surface area (Å²) in [4.78, 5) is 2.42. The first-order chi connectivity index (χ1) is 26.8. The molecule has 0 saturated carbocycles. The largest absolute Gasteiger partial charge is 0.310 e. The van der Waals surface area contributed by atoms with Gasteiger partial charge in [0.05, 0.1) is 5.69 Å². The van der Waals surface area contributed by atoms with E-state index in [1.807, 2.05) is 11.3 Å². The zero-order chi connectivity index (χ0) is 35.8. The van der Waals surface area contributed by atoms with Gasteiger partial charge in [-0.1, -0.05) is 164 Å². The van der Waals surface area contributed by atoms with E-state index in [0.29, 0.717) is 0 Å². The minimum atomic E-state index is 1.10. The van der Waals surface area contributed by atoms with Crippen molar-refractivity contribution in [3.8, 4) is 44.5 Å². The van der Waals surface area contributed by atoms with E-state index in [2.05, 4.69) is 217 Å². The summed E-state index contributed by atoms with van der Waals surface area (Å²) >= 11 is 1.86. The molecule has 10 aromatic rings. The Morgan fingerprint density at radius 1 is 0.296 bits per heavy atom. The molecule has 0 bridgehead atoms. The standard InChI is InChI=1S/C52H35NS/c1-2-12-36(13-3-1)37-24-26-38(27-25-37)39-28-31-43(32-29-39)53(50-22-8-6-19-47(50)46-21-11-15-40-14-4-5-18-45(40)46)44-17-10-16-41(34-44)42-30-33-52-49(35-42)48-20-7-9-23-51(48)54-52/h1-35H. The van der Waals surface area contributed by atoms with Crippen molar-refractivity contribution in [1.82, 2.24) is 0 Å². The Labute approximate surface area is 319 Å². The lowest BCUT2D eigenvalue weighted by atomic mass is 9.95. The molecule has 0 saturated heterocycles. The SMILES string of the molecule is c1ccc(-c2ccc(-c3ccc(N(c4cccc(-c5ccc6sc7ccccc7c6c5)c4)c4ccccc4-c4cccc5ccccc45)cc3)cc2)cc1. The summed E-state index contributed by atoms with van der Waals surface area (Å²) < 4.78 is 2.64. The fourth-order valence-corrected chi connectivity index (χ4v) is 8.89. The van der Waals surface area contributed by atoms with E-state index in [9.17, 15) is 0 Å². The van der Waals surface area contributed by atoms with Gasteiger partial charge in [0.15, 0.2) is 0 Å². The number of nitrogens with zero attached hydrogens (tertiary/aromatic N) is 1. The maximum Gasteiger partial charge on any atom is 0.0540 e. The van der Waals surface area contributed by atoms with E-state index in [1.165, 1.54) is 75.5 Å². The zero-order valence-corrected chi connectivity index (χ0v) is 30.4. The molecule has 0 aliphatic heterocycles. The van der Waals surface area contributed by atoms with E-state index in [1.54, 1.807) is 0 Å². The van der Waals surface area contributed by atoms with Crippen molar-refractivity contribution < 1.29 is 0 Å². The second-order valence-corrected chi connectivity index (χ2v) is 14.8. The van der Waals surface area contributed by atoms with Crippen LogP contribution in [0.3, 0.4) is 0 Å². The molecule has 254 valence electrons. The Balaban J connectivity index is 1.10. The van der Waals surface area contributed by atoms with Gasteiger partial charge in [0.2, 0.25) is 0 Å². The lowest BCUT2D eigenvalue weighted by Crippen LogP contribution is -2.11. The van der Waals surface area contributed by atoms with E-state index < -0.39 is 0 Å². The summed E-state index contributed by atoms with van der Waals surface area (Å²) in [5.41, 5.74) is 13.0. The number of para-hydroxylation sites is 1. The molecule has 0 spiro atoms. The molecule has 1 heterocycles. The predicted octanol–water partition coefficient (Wildman–Crippen LogP) is 15.3. The van der Waals surface area contributed by atoms with Gasteiger partial charge in [-0.25, -0.2) is 0 Å². The molecule has 0 fully saturated rings. The molecule has 2 heteroatoms. The normalized spacial score (nSPS) is 11.3. The number of hydrogen-bond acceptors (Lipinski definition) is 2. The molecule has 10 rings (SSSR count). The number of fused-ring (bicyclic) bond motifs is 4. The van der Waals surface area contributed by atoms with E-state index in [4.69, 9.17) is 0 Å². The van der Waals surface area contributed by atoms with Crippen molar-refractivity contribution in [2.75, 3.05) is 4.90 Å². The first-order valence-corrected chi connectivity index (χ1v) is 19.2. The average molecular weight is 706 g/mol. The molecule has 1 aromatic heterocycles. The van der Waals surface area contributed by atoms with Crippen molar-refractivity contribution in [1.29, 1.82) is 0 Å². The topological polar surface area (TPSA) is 3.24 Å². The molecule has 0 atom stereocenters. The highest BCUT2D eigenvalue weighted by Crippen LogP contribution is 2.44. The summed E-state index contributed by atoms with van der Waals surface area (Å²) in [5.74, 6) is 0. The average Bonchev–Trinajstić information content (AvgIpc) is 3.63. The van der Waals surface area contributed by atoms with Gasteiger partial charge in [-0.15, -0.1) is 11.3 Å². The quantitative estimate of drug-likeness (QED) is 0.160. The lowest BCUT2D eigenvalue weighted by Gasteiger charge is -2.29. The third kappa shape index (κ3) is 5.84. The Morgan fingerprint density at radius 2 is 0.833 bits per heavy atom. The Hall–Kier alpha value is -6.74. The molecule has 54 heavy (non-hydrogen) atoms. The Bertz CT molecular complexity index is 2920. The number of thiophene rings is 1. The molecule has 9 aromatic carbocycles. The smallest absolute Gasteiger partial charge is 0.0540 e. The van der Waals surface area contributed by atoms with E-state index in [-0.39, 0.29) is 0 Å². The zero-order valence-electron chi connectivity index (χ0n) is 29.6. The molecule has 0 unspecified atom stereocenters. The Morgan fingerprint density at radius 3 is 1.65 bits per heavy atom. The highest BCUT2D eigenvalue weighted by Gasteiger charge is 2.19. The van der Waals surface area contributed by atoms with Gasteiger partial charge in [0.25, 0.3) is 0 Å². The van der Waals surface area contributed by atoms with Crippen LogP contribution in [-0.2, 0) is 0 Å². The fourth-order valence-electron chi connectivity index (χ4n) is 7.80. The minimum absolute atomic E-state index is 1.10. The van der Waals surface area contributed by atoms with Gasteiger partial charge >= 0.3 is 0 Å². The molecule has 0 aliphatic carbocycles. The summed E-state index contributed by atoms with van der Waals surface area (Å²) in [6.45, 7) is 0. The van der Waals surface area contributed by atoms with E-state index >= 15 is 0 Å². The second-order valence-electron chi connectivity index (χ2n) is 13.7. The summed E-state index contributed by atoms with van der Waals surface area (Å²) in [6, 6.07) is 77.2. The van der Waals surface area contributed by atoms with Gasteiger partial charge in [-0.3, -0.25) is 0 Å². The van der Waals surface area contributed by atoms with Crippen molar-refractivity contribution in [3.05, 3.63) is 212 Å². The van der Waals surface area contributed by atoms with Crippen LogP contribution in [0.1, 0.15) is 0 Å². The minimum Gasteiger partial charge on any atom is -0.310 e. The van der Waals surface area contributed by atoms with Crippen LogP contribution in [0, 0.1) is 0 Å². The van der Waals surface area contributed by atoms with Crippen molar-refractivity contribution in [2.24, 2.45) is 0 Å².